The lowest BCUT2D eigenvalue weighted by atomic mass is 10.1. The molecule has 1 N–H and O–H groups in total. The molecule has 3 aromatic rings. The van der Waals surface area contributed by atoms with Crippen molar-refractivity contribution in [2.75, 3.05) is 11.1 Å². The molecule has 6 heteroatoms. The Morgan fingerprint density at radius 3 is 2.61 bits per heavy atom. The summed E-state index contributed by atoms with van der Waals surface area (Å²) in [5.74, 6) is 0.293. The number of hydrogen-bond acceptors (Lipinski definition) is 5. The van der Waals surface area contributed by atoms with Crippen LogP contribution in [0.25, 0.3) is 11.3 Å². The van der Waals surface area contributed by atoms with Crippen LogP contribution in [0.2, 0.25) is 0 Å². The van der Waals surface area contributed by atoms with Gasteiger partial charge >= 0.3 is 0 Å². The number of amides is 1. The standard InChI is InChI=1S/C17H15N3OS2/c1-12-7-9-13(10-8-12)16-17(23-20-19-16)22-11-15(21)18-14-5-3-2-4-6-14/h2-10H,11H2,1H3,(H,18,21). The Morgan fingerprint density at radius 2 is 1.87 bits per heavy atom. The van der Waals surface area contributed by atoms with E-state index < -0.39 is 0 Å². The maximum absolute atomic E-state index is 12.0. The molecule has 1 heterocycles. The lowest BCUT2D eigenvalue weighted by molar-refractivity contribution is -0.113. The molecule has 4 nitrogen and oxygen atoms in total. The Kier molecular flexibility index (Phi) is 5.05. The summed E-state index contributed by atoms with van der Waals surface area (Å²) in [6, 6.07) is 17.6. The molecular formula is C17H15N3OS2. The first-order chi connectivity index (χ1) is 11.2. The van der Waals surface area contributed by atoms with E-state index >= 15 is 0 Å². The number of nitrogens with zero attached hydrogens (tertiary/aromatic N) is 2. The van der Waals surface area contributed by atoms with Gasteiger partial charge in [-0.3, -0.25) is 4.79 Å². The summed E-state index contributed by atoms with van der Waals surface area (Å²) in [6.45, 7) is 2.05. The van der Waals surface area contributed by atoms with Gasteiger partial charge in [-0.1, -0.05) is 52.5 Å². The Bertz CT molecular complexity index is 785. The van der Waals surface area contributed by atoms with E-state index in [9.17, 15) is 4.79 Å². The predicted octanol–water partition coefficient (Wildman–Crippen LogP) is 4.24. The predicted molar refractivity (Wildman–Crippen MR) is 95.9 cm³/mol. The maximum Gasteiger partial charge on any atom is 0.234 e. The highest BCUT2D eigenvalue weighted by Gasteiger charge is 2.13. The van der Waals surface area contributed by atoms with Crippen molar-refractivity contribution in [2.24, 2.45) is 0 Å². The third-order valence-corrected chi connectivity index (χ3v) is 5.14. The monoisotopic (exact) mass is 341 g/mol. The molecule has 0 saturated heterocycles. The van der Waals surface area contributed by atoms with Crippen LogP contribution in [0.3, 0.4) is 0 Å². The van der Waals surface area contributed by atoms with Crippen molar-refractivity contribution in [1.29, 1.82) is 0 Å². The zero-order valence-corrected chi connectivity index (χ0v) is 14.2. The van der Waals surface area contributed by atoms with Crippen molar-refractivity contribution >= 4 is 34.9 Å². The van der Waals surface area contributed by atoms with Gasteiger partial charge in [0.2, 0.25) is 5.91 Å². The van der Waals surface area contributed by atoms with Gasteiger partial charge in [0.05, 0.1) is 5.75 Å². The van der Waals surface area contributed by atoms with Crippen molar-refractivity contribution in [3.05, 3.63) is 60.2 Å². The third kappa shape index (κ3) is 4.18. The summed E-state index contributed by atoms with van der Waals surface area (Å²) in [5, 5.41) is 7.07. The molecule has 0 radical (unpaired) electrons. The minimum atomic E-state index is -0.0375. The fourth-order valence-corrected chi connectivity index (χ4v) is 3.57. The van der Waals surface area contributed by atoms with E-state index in [2.05, 4.69) is 14.9 Å². The maximum atomic E-state index is 12.0. The molecule has 0 unspecified atom stereocenters. The first kappa shape index (κ1) is 15.7. The topological polar surface area (TPSA) is 54.9 Å². The second kappa shape index (κ2) is 7.39. The molecule has 1 aromatic heterocycles. The molecule has 23 heavy (non-hydrogen) atoms. The van der Waals surface area contributed by atoms with E-state index in [1.807, 2.05) is 61.5 Å². The number of aryl methyl sites for hydroxylation is 1. The Morgan fingerprint density at radius 1 is 1.13 bits per heavy atom. The molecule has 116 valence electrons. The normalized spacial score (nSPS) is 10.5. The molecule has 0 spiro atoms. The van der Waals surface area contributed by atoms with Crippen LogP contribution in [0.5, 0.6) is 0 Å². The lowest BCUT2D eigenvalue weighted by Crippen LogP contribution is -2.13. The van der Waals surface area contributed by atoms with E-state index in [1.165, 1.54) is 28.9 Å². The molecule has 0 aliphatic heterocycles. The van der Waals surface area contributed by atoms with Gasteiger partial charge in [-0.05, 0) is 30.6 Å². The number of aromatic nitrogens is 2. The van der Waals surface area contributed by atoms with Crippen LogP contribution >= 0.6 is 23.3 Å². The molecular weight excluding hydrogens is 326 g/mol. The van der Waals surface area contributed by atoms with Crippen molar-refractivity contribution < 1.29 is 4.79 Å². The fraction of sp³-hybridized carbons (Fsp3) is 0.118. The van der Waals surface area contributed by atoms with Crippen molar-refractivity contribution in [3.8, 4) is 11.3 Å². The lowest BCUT2D eigenvalue weighted by Gasteiger charge is -2.05. The smallest absolute Gasteiger partial charge is 0.234 e. The number of carbonyl (C=O) groups excluding carboxylic acids is 1. The van der Waals surface area contributed by atoms with Crippen molar-refractivity contribution in [3.63, 3.8) is 0 Å². The average molecular weight is 341 g/mol. The number of hydrogen-bond donors (Lipinski definition) is 1. The van der Waals surface area contributed by atoms with E-state index in [-0.39, 0.29) is 5.91 Å². The summed E-state index contributed by atoms with van der Waals surface area (Å²) < 4.78 is 4.98. The van der Waals surface area contributed by atoms with Crippen LogP contribution in [0.15, 0.2) is 58.8 Å². The summed E-state index contributed by atoms with van der Waals surface area (Å²) in [4.78, 5) is 12.0. The van der Waals surface area contributed by atoms with Gasteiger partial charge in [0.25, 0.3) is 0 Å². The number of para-hydroxylation sites is 1. The molecule has 0 fully saturated rings. The fourth-order valence-electron chi connectivity index (χ4n) is 2.01. The number of benzene rings is 2. The van der Waals surface area contributed by atoms with Crippen LogP contribution < -0.4 is 5.32 Å². The highest BCUT2D eigenvalue weighted by molar-refractivity contribution is 8.01. The highest BCUT2D eigenvalue weighted by atomic mass is 32.2. The molecule has 2 aromatic carbocycles. The zero-order valence-electron chi connectivity index (χ0n) is 12.5. The third-order valence-electron chi connectivity index (χ3n) is 3.17. The molecule has 3 rings (SSSR count). The number of carbonyl (C=O) groups is 1. The van der Waals surface area contributed by atoms with E-state index in [1.54, 1.807) is 0 Å². The van der Waals surface area contributed by atoms with Crippen LogP contribution in [0.4, 0.5) is 5.69 Å². The second-order valence-corrected chi connectivity index (χ2v) is 6.98. The van der Waals surface area contributed by atoms with Gasteiger partial charge in [-0.15, -0.1) is 16.9 Å². The summed E-state index contributed by atoms with van der Waals surface area (Å²) in [5.41, 5.74) is 3.87. The minimum Gasteiger partial charge on any atom is -0.325 e. The van der Waals surface area contributed by atoms with Crippen molar-refractivity contribution in [2.45, 2.75) is 11.1 Å². The number of nitrogens with one attached hydrogen (secondary N) is 1. The number of anilines is 1. The van der Waals surface area contributed by atoms with E-state index in [0.717, 1.165) is 21.2 Å². The SMILES string of the molecule is Cc1ccc(-c2nnsc2SCC(=O)Nc2ccccc2)cc1. The van der Waals surface area contributed by atoms with Gasteiger partial charge in [0.1, 0.15) is 9.90 Å². The number of thioether (sulfide) groups is 1. The Balaban J connectivity index is 1.64. The second-order valence-electron chi connectivity index (χ2n) is 4.98. The van der Waals surface area contributed by atoms with Crippen LogP contribution in [0.1, 0.15) is 5.56 Å². The van der Waals surface area contributed by atoms with E-state index in [0.29, 0.717) is 5.75 Å². The molecule has 0 aliphatic carbocycles. The number of rotatable bonds is 5. The Labute approximate surface area is 143 Å². The zero-order chi connectivity index (χ0) is 16.1. The summed E-state index contributed by atoms with van der Waals surface area (Å²) in [7, 11) is 0. The van der Waals surface area contributed by atoms with Crippen LogP contribution in [-0.4, -0.2) is 21.2 Å². The first-order valence-corrected chi connectivity index (χ1v) is 8.85. The quantitative estimate of drug-likeness (QED) is 0.705. The summed E-state index contributed by atoms with van der Waals surface area (Å²) in [6.07, 6.45) is 0. The molecule has 0 saturated carbocycles. The van der Waals surface area contributed by atoms with Gasteiger partial charge < -0.3 is 5.32 Å². The molecule has 0 bridgehead atoms. The average Bonchev–Trinajstić information content (AvgIpc) is 3.03. The molecule has 1 amide bonds. The first-order valence-electron chi connectivity index (χ1n) is 7.09. The molecule has 0 aliphatic rings. The summed E-state index contributed by atoms with van der Waals surface area (Å²) >= 11 is 2.78. The van der Waals surface area contributed by atoms with Gasteiger partial charge in [0, 0.05) is 11.3 Å². The Hall–Kier alpha value is -2.18. The molecule has 0 atom stereocenters. The van der Waals surface area contributed by atoms with Gasteiger partial charge in [0.15, 0.2) is 0 Å². The highest BCUT2D eigenvalue weighted by Crippen LogP contribution is 2.32. The van der Waals surface area contributed by atoms with Gasteiger partial charge in [-0.25, -0.2) is 0 Å². The van der Waals surface area contributed by atoms with Gasteiger partial charge in [-0.2, -0.15) is 0 Å². The largest absolute Gasteiger partial charge is 0.325 e. The minimum absolute atomic E-state index is 0.0375. The van der Waals surface area contributed by atoms with Crippen molar-refractivity contribution in [1.82, 2.24) is 9.59 Å². The van der Waals surface area contributed by atoms with Crippen LogP contribution in [-0.2, 0) is 4.79 Å². The van der Waals surface area contributed by atoms with Crippen LogP contribution in [0, 0.1) is 6.92 Å². The van der Waals surface area contributed by atoms with E-state index in [4.69, 9.17) is 0 Å².